The van der Waals surface area contributed by atoms with Crippen LogP contribution < -0.4 is 14.9 Å². The third kappa shape index (κ3) is 4.39. The first-order chi connectivity index (χ1) is 12.7. The molecule has 1 amide bonds. The van der Waals surface area contributed by atoms with Gasteiger partial charge in [-0.2, -0.15) is 5.10 Å². The number of benzene rings is 3. The molecule has 5 nitrogen and oxygen atoms in total. The maximum absolute atomic E-state index is 12.1. The maximum Gasteiger partial charge on any atom is 0.280 e. The van der Waals surface area contributed by atoms with Crippen LogP contribution in [0.3, 0.4) is 0 Å². The fraction of sp³-hybridized carbons (Fsp3) is 0.143. The molecule has 1 N–H and O–H groups in total. The van der Waals surface area contributed by atoms with E-state index in [9.17, 15) is 4.79 Å². The molecule has 0 aromatic heterocycles. The van der Waals surface area contributed by atoms with Gasteiger partial charge < -0.3 is 9.47 Å². The summed E-state index contributed by atoms with van der Waals surface area (Å²) in [6.45, 7) is 1.69. The van der Waals surface area contributed by atoms with Gasteiger partial charge >= 0.3 is 0 Å². The summed E-state index contributed by atoms with van der Waals surface area (Å²) in [7, 11) is 1.60. The highest BCUT2D eigenvalue weighted by Gasteiger charge is 2.14. The highest BCUT2D eigenvalue weighted by Crippen LogP contribution is 2.21. The summed E-state index contributed by atoms with van der Waals surface area (Å²) in [5.74, 6) is 1.05. The molecule has 1 unspecified atom stereocenters. The van der Waals surface area contributed by atoms with Gasteiger partial charge in [0.05, 0.1) is 13.3 Å². The number of rotatable bonds is 6. The van der Waals surface area contributed by atoms with Crippen molar-refractivity contribution in [3.63, 3.8) is 0 Å². The molecule has 1 atom stereocenters. The number of amides is 1. The van der Waals surface area contributed by atoms with E-state index in [2.05, 4.69) is 10.5 Å². The van der Waals surface area contributed by atoms with E-state index in [4.69, 9.17) is 9.47 Å². The Morgan fingerprint density at radius 3 is 2.62 bits per heavy atom. The van der Waals surface area contributed by atoms with Crippen LogP contribution in [0.15, 0.2) is 71.8 Å². The van der Waals surface area contributed by atoms with Crippen molar-refractivity contribution < 1.29 is 14.3 Å². The molecule has 3 aromatic rings. The molecule has 0 heterocycles. The van der Waals surface area contributed by atoms with Crippen LogP contribution in [0.2, 0.25) is 0 Å². The first-order valence-electron chi connectivity index (χ1n) is 8.28. The summed E-state index contributed by atoms with van der Waals surface area (Å²) < 4.78 is 10.9. The number of hydrogen-bond acceptors (Lipinski definition) is 4. The van der Waals surface area contributed by atoms with Gasteiger partial charge in [0, 0.05) is 0 Å². The van der Waals surface area contributed by atoms with E-state index in [-0.39, 0.29) is 5.91 Å². The molecule has 5 heteroatoms. The smallest absolute Gasteiger partial charge is 0.280 e. The van der Waals surface area contributed by atoms with Crippen molar-refractivity contribution >= 4 is 22.9 Å². The molecule has 3 rings (SSSR count). The minimum Gasteiger partial charge on any atom is -0.497 e. The van der Waals surface area contributed by atoms with Crippen LogP contribution in [0.4, 0.5) is 0 Å². The Bertz CT molecular complexity index is 937. The van der Waals surface area contributed by atoms with Gasteiger partial charge in [0.2, 0.25) is 0 Å². The van der Waals surface area contributed by atoms with Crippen molar-refractivity contribution in [2.45, 2.75) is 13.0 Å². The predicted octanol–water partition coefficient (Wildman–Crippen LogP) is 3.77. The molecule has 0 bridgehead atoms. The van der Waals surface area contributed by atoms with Gasteiger partial charge in [0.25, 0.3) is 5.91 Å². The van der Waals surface area contributed by atoms with Gasteiger partial charge in [-0.3, -0.25) is 4.79 Å². The lowest BCUT2D eigenvalue weighted by atomic mass is 10.1. The van der Waals surface area contributed by atoms with Crippen LogP contribution in [0.5, 0.6) is 11.5 Å². The molecule has 0 saturated heterocycles. The lowest BCUT2D eigenvalue weighted by Crippen LogP contribution is -2.33. The molecule has 0 aliphatic carbocycles. The molecule has 0 radical (unpaired) electrons. The summed E-state index contributed by atoms with van der Waals surface area (Å²) in [6, 6.07) is 21.1. The van der Waals surface area contributed by atoms with E-state index < -0.39 is 6.10 Å². The van der Waals surface area contributed by atoms with Crippen molar-refractivity contribution in [2.24, 2.45) is 5.10 Å². The Labute approximate surface area is 152 Å². The highest BCUT2D eigenvalue weighted by molar-refractivity contribution is 5.85. The van der Waals surface area contributed by atoms with Crippen molar-refractivity contribution in [2.75, 3.05) is 7.11 Å². The van der Waals surface area contributed by atoms with Crippen LogP contribution in [0.25, 0.3) is 10.8 Å². The zero-order valence-electron chi connectivity index (χ0n) is 14.7. The van der Waals surface area contributed by atoms with E-state index in [0.717, 1.165) is 22.1 Å². The minimum absolute atomic E-state index is 0.322. The van der Waals surface area contributed by atoms with Crippen LogP contribution in [0, 0.1) is 0 Å². The molecule has 0 fully saturated rings. The second kappa shape index (κ2) is 8.16. The number of hydrogen-bond donors (Lipinski definition) is 1. The molecule has 132 valence electrons. The first kappa shape index (κ1) is 17.5. The molecule has 0 aliphatic heterocycles. The number of nitrogens with one attached hydrogen (secondary N) is 1. The summed E-state index contributed by atoms with van der Waals surface area (Å²) in [5.41, 5.74) is 3.32. The first-order valence-corrected chi connectivity index (χ1v) is 8.28. The van der Waals surface area contributed by atoms with E-state index in [0.29, 0.717) is 5.75 Å². The second-order valence-corrected chi connectivity index (χ2v) is 5.78. The molecule has 0 aliphatic rings. The van der Waals surface area contributed by atoms with Gasteiger partial charge in [-0.1, -0.05) is 42.5 Å². The molecule has 26 heavy (non-hydrogen) atoms. The van der Waals surface area contributed by atoms with E-state index in [1.165, 1.54) is 0 Å². The van der Waals surface area contributed by atoms with Crippen molar-refractivity contribution in [1.82, 2.24) is 5.43 Å². The predicted molar refractivity (Wildman–Crippen MR) is 103 cm³/mol. The van der Waals surface area contributed by atoms with Crippen molar-refractivity contribution in [3.8, 4) is 11.5 Å². The van der Waals surface area contributed by atoms with Crippen LogP contribution in [-0.4, -0.2) is 25.3 Å². The monoisotopic (exact) mass is 348 g/mol. The van der Waals surface area contributed by atoms with E-state index in [1.54, 1.807) is 20.2 Å². The molecule has 0 spiro atoms. The average Bonchev–Trinajstić information content (AvgIpc) is 2.68. The van der Waals surface area contributed by atoms with Gasteiger partial charge in [0.1, 0.15) is 11.5 Å². The zero-order chi connectivity index (χ0) is 18.4. The summed E-state index contributed by atoms with van der Waals surface area (Å²) in [4.78, 5) is 12.1. The Kier molecular flexibility index (Phi) is 5.49. The summed E-state index contributed by atoms with van der Waals surface area (Å²) in [5, 5.41) is 6.16. The number of nitrogens with zero attached hydrogens (tertiary/aromatic N) is 1. The third-order valence-corrected chi connectivity index (χ3v) is 3.89. The third-order valence-electron chi connectivity index (χ3n) is 3.89. The number of carbonyl (C=O) groups is 1. The van der Waals surface area contributed by atoms with Crippen molar-refractivity contribution in [3.05, 3.63) is 72.3 Å². The summed E-state index contributed by atoms with van der Waals surface area (Å²) >= 11 is 0. The van der Waals surface area contributed by atoms with E-state index >= 15 is 0 Å². The number of methoxy groups -OCH3 is 1. The van der Waals surface area contributed by atoms with Crippen molar-refractivity contribution in [1.29, 1.82) is 0 Å². The maximum atomic E-state index is 12.1. The number of hydrazone groups is 1. The van der Waals surface area contributed by atoms with Gasteiger partial charge in [-0.05, 0) is 47.5 Å². The van der Waals surface area contributed by atoms with Crippen LogP contribution >= 0.6 is 0 Å². The summed E-state index contributed by atoms with van der Waals surface area (Å²) in [6.07, 6.45) is 0.891. The topological polar surface area (TPSA) is 59.9 Å². The molecular formula is C21H20N2O3. The number of carbonyl (C=O) groups excluding carboxylic acids is 1. The molecule has 3 aromatic carbocycles. The number of fused-ring (bicyclic) bond motifs is 1. The second-order valence-electron chi connectivity index (χ2n) is 5.78. The van der Waals surface area contributed by atoms with E-state index in [1.807, 2.05) is 66.7 Å². The molecule has 0 saturated carbocycles. The lowest BCUT2D eigenvalue weighted by molar-refractivity contribution is -0.127. The fourth-order valence-corrected chi connectivity index (χ4v) is 2.48. The van der Waals surface area contributed by atoms with Gasteiger partial charge in [-0.15, -0.1) is 0 Å². The standard InChI is InChI=1S/C21H20N2O3/c1-15(26-20-11-10-17-7-3-4-8-18(17)13-20)21(24)23-22-14-16-6-5-9-19(12-16)25-2/h3-15H,1-2H3,(H,23,24). The zero-order valence-corrected chi connectivity index (χ0v) is 14.7. The minimum atomic E-state index is -0.668. The Morgan fingerprint density at radius 1 is 1.00 bits per heavy atom. The lowest BCUT2D eigenvalue weighted by Gasteiger charge is -2.13. The Balaban J connectivity index is 1.59. The largest absolute Gasteiger partial charge is 0.497 e. The fourth-order valence-electron chi connectivity index (χ4n) is 2.48. The Hall–Kier alpha value is -3.34. The highest BCUT2D eigenvalue weighted by atomic mass is 16.5. The SMILES string of the molecule is COc1cccc(C=NNC(=O)C(C)Oc2ccc3ccccc3c2)c1. The average molecular weight is 348 g/mol. The Morgan fingerprint density at radius 2 is 1.81 bits per heavy atom. The normalized spacial score (nSPS) is 12.1. The van der Waals surface area contributed by atoms with Crippen LogP contribution in [-0.2, 0) is 4.79 Å². The quantitative estimate of drug-likeness (QED) is 0.545. The van der Waals surface area contributed by atoms with Crippen LogP contribution in [0.1, 0.15) is 12.5 Å². The number of ether oxygens (including phenoxy) is 2. The molecular weight excluding hydrogens is 328 g/mol. The van der Waals surface area contributed by atoms with Gasteiger partial charge in [0.15, 0.2) is 6.10 Å². The van der Waals surface area contributed by atoms with Gasteiger partial charge in [-0.25, -0.2) is 5.43 Å².